The van der Waals surface area contributed by atoms with Gasteiger partial charge in [-0.05, 0) is 6.07 Å². The fraction of sp³-hybridized carbons (Fsp3) is 0.333. The maximum atomic E-state index is 13.2. The van der Waals surface area contributed by atoms with E-state index < -0.39 is 35.3 Å². The van der Waals surface area contributed by atoms with Crippen molar-refractivity contribution in [1.82, 2.24) is 0 Å². The van der Waals surface area contributed by atoms with E-state index in [1.807, 2.05) is 0 Å². The van der Waals surface area contributed by atoms with Gasteiger partial charge in [-0.3, -0.25) is 0 Å². The first-order valence-electron chi connectivity index (χ1n) is 4.24. The van der Waals surface area contributed by atoms with Crippen LogP contribution in [0.1, 0.15) is 11.7 Å². The quantitative estimate of drug-likeness (QED) is 0.633. The van der Waals surface area contributed by atoms with Crippen molar-refractivity contribution in [1.29, 1.82) is 0 Å². The zero-order chi connectivity index (χ0) is 13.4. The highest BCUT2D eigenvalue weighted by atomic mass is 19.4. The number of rotatable bonds is 2. The van der Waals surface area contributed by atoms with E-state index in [1.54, 1.807) is 0 Å². The van der Waals surface area contributed by atoms with Crippen molar-refractivity contribution in [3.8, 4) is 5.75 Å². The molecule has 0 aliphatic rings. The van der Waals surface area contributed by atoms with Gasteiger partial charge in [-0.1, -0.05) is 6.07 Å². The summed E-state index contributed by atoms with van der Waals surface area (Å²) in [7, 11) is 0. The minimum Gasteiger partial charge on any atom is -0.508 e. The Bertz CT molecular complexity index is 416. The Morgan fingerprint density at radius 1 is 1.12 bits per heavy atom. The molecule has 0 fully saturated rings. The second-order valence-corrected chi connectivity index (χ2v) is 3.30. The van der Waals surface area contributed by atoms with Crippen molar-refractivity contribution in [2.75, 3.05) is 5.73 Å². The zero-order valence-corrected chi connectivity index (χ0v) is 8.10. The van der Waals surface area contributed by atoms with Gasteiger partial charge in [0.1, 0.15) is 5.75 Å². The van der Waals surface area contributed by atoms with Gasteiger partial charge in [0.25, 0.3) is 0 Å². The van der Waals surface area contributed by atoms with Crippen LogP contribution >= 0.6 is 0 Å². The smallest absolute Gasteiger partial charge is 0.456 e. The molecule has 2 nitrogen and oxygen atoms in total. The number of alkyl halides is 6. The monoisotopic (exact) mass is 259 g/mol. The Balaban J connectivity index is 3.17. The molecule has 17 heavy (non-hydrogen) atoms. The minimum atomic E-state index is -6.02. The highest BCUT2D eigenvalue weighted by Crippen LogP contribution is 2.47. The van der Waals surface area contributed by atoms with E-state index in [-0.39, 0.29) is 0 Å². The fourth-order valence-electron chi connectivity index (χ4n) is 1.13. The standard InChI is InChI=1S/C9H7F6NO/c10-7(8(11,12)9(13,14)15)5-2-1-4(17)3-6(5)16/h1-3,7,17H,16H2. The molecule has 0 saturated heterocycles. The molecule has 3 N–H and O–H groups in total. The Morgan fingerprint density at radius 2 is 1.65 bits per heavy atom. The van der Waals surface area contributed by atoms with Gasteiger partial charge in [-0.2, -0.15) is 22.0 Å². The third-order valence-electron chi connectivity index (χ3n) is 2.04. The minimum absolute atomic E-state index is 0.464. The van der Waals surface area contributed by atoms with Crippen LogP contribution in [0, 0.1) is 0 Å². The lowest BCUT2D eigenvalue weighted by atomic mass is 10.0. The van der Waals surface area contributed by atoms with Crippen LogP contribution in [0.25, 0.3) is 0 Å². The maximum absolute atomic E-state index is 13.2. The van der Waals surface area contributed by atoms with E-state index >= 15 is 0 Å². The molecule has 0 radical (unpaired) electrons. The molecule has 1 aromatic rings. The molecule has 0 aliphatic carbocycles. The second-order valence-electron chi connectivity index (χ2n) is 3.30. The van der Waals surface area contributed by atoms with E-state index in [0.717, 1.165) is 6.07 Å². The SMILES string of the molecule is Nc1cc(O)ccc1C(F)C(F)(F)C(F)(F)F. The Kier molecular flexibility index (Phi) is 3.17. The number of halogens is 6. The Hall–Kier alpha value is -1.60. The summed E-state index contributed by atoms with van der Waals surface area (Å²) in [6, 6.07) is 2.04. The Morgan fingerprint density at radius 3 is 2.06 bits per heavy atom. The molecule has 0 saturated carbocycles. The molecular formula is C9H7F6NO. The lowest BCUT2D eigenvalue weighted by molar-refractivity contribution is -0.305. The number of phenolic OH excluding ortho intramolecular Hbond substituents is 1. The summed E-state index contributed by atoms with van der Waals surface area (Å²) in [5.41, 5.74) is 3.36. The van der Waals surface area contributed by atoms with Gasteiger partial charge in [-0.15, -0.1) is 0 Å². The van der Waals surface area contributed by atoms with Gasteiger partial charge in [0.15, 0.2) is 6.17 Å². The third-order valence-corrected chi connectivity index (χ3v) is 2.04. The average molecular weight is 259 g/mol. The maximum Gasteiger partial charge on any atom is 0.456 e. The van der Waals surface area contributed by atoms with Crippen LogP contribution in [0.5, 0.6) is 5.75 Å². The number of nitrogens with two attached hydrogens (primary N) is 1. The number of nitrogen functional groups attached to an aromatic ring is 1. The van der Waals surface area contributed by atoms with Gasteiger partial charge in [0.2, 0.25) is 0 Å². The van der Waals surface area contributed by atoms with Gasteiger partial charge in [0, 0.05) is 17.3 Å². The molecule has 0 spiro atoms. The van der Waals surface area contributed by atoms with Gasteiger partial charge in [0.05, 0.1) is 0 Å². The summed E-state index contributed by atoms with van der Waals surface area (Å²) in [6.45, 7) is 0. The number of hydrogen-bond acceptors (Lipinski definition) is 2. The van der Waals surface area contributed by atoms with Gasteiger partial charge in [-0.25, -0.2) is 4.39 Å². The number of phenols is 1. The van der Waals surface area contributed by atoms with Crippen LogP contribution in [-0.4, -0.2) is 17.2 Å². The number of hydrogen-bond donors (Lipinski definition) is 2. The van der Waals surface area contributed by atoms with Crippen LogP contribution < -0.4 is 5.73 Å². The molecule has 0 amide bonds. The summed E-state index contributed by atoms with van der Waals surface area (Å²) in [5.74, 6) is -6.01. The number of anilines is 1. The van der Waals surface area contributed by atoms with E-state index in [2.05, 4.69) is 0 Å². The van der Waals surface area contributed by atoms with E-state index in [1.165, 1.54) is 0 Å². The van der Waals surface area contributed by atoms with Crippen LogP contribution in [-0.2, 0) is 0 Å². The summed E-state index contributed by atoms with van der Waals surface area (Å²) < 4.78 is 74.2. The first kappa shape index (κ1) is 13.5. The second kappa shape index (κ2) is 4.01. The van der Waals surface area contributed by atoms with Crippen molar-refractivity contribution in [2.24, 2.45) is 0 Å². The van der Waals surface area contributed by atoms with Gasteiger partial charge >= 0.3 is 12.1 Å². The lowest BCUT2D eigenvalue weighted by Gasteiger charge is -2.24. The molecule has 1 aromatic carbocycles. The summed E-state index contributed by atoms with van der Waals surface area (Å²) in [4.78, 5) is 0. The van der Waals surface area contributed by atoms with Crippen LogP contribution in [0.3, 0.4) is 0 Å². The third kappa shape index (κ3) is 2.40. The first-order valence-corrected chi connectivity index (χ1v) is 4.24. The van der Waals surface area contributed by atoms with Crippen molar-refractivity contribution in [2.45, 2.75) is 18.3 Å². The molecule has 0 bridgehead atoms. The molecule has 1 unspecified atom stereocenters. The average Bonchev–Trinajstić information content (AvgIpc) is 2.14. The van der Waals surface area contributed by atoms with Crippen LogP contribution in [0.2, 0.25) is 0 Å². The number of benzene rings is 1. The highest BCUT2D eigenvalue weighted by Gasteiger charge is 2.63. The number of aromatic hydroxyl groups is 1. The molecule has 0 aromatic heterocycles. The van der Waals surface area contributed by atoms with Crippen LogP contribution in [0.15, 0.2) is 18.2 Å². The fourth-order valence-corrected chi connectivity index (χ4v) is 1.13. The molecule has 0 aliphatic heterocycles. The van der Waals surface area contributed by atoms with Crippen molar-refractivity contribution in [3.63, 3.8) is 0 Å². The summed E-state index contributed by atoms with van der Waals surface area (Å²) >= 11 is 0. The molecule has 96 valence electrons. The van der Waals surface area contributed by atoms with Crippen molar-refractivity contribution >= 4 is 5.69 Å². The summed E-state index contributed by atoms with van der Waals surface area (Å²) in [6.07, 6.45) is -9.64. The first-order chi connectivity index (χ1) is 7.57. The topological polar surface area (TPSA) is 46.2 Å². The van der Waals surface area contributed by atoms with Crippen molar-refractivity contribution < 1.29 is 31.4 Å². The molecule has 1 rings (SSSR count). The van der Waals surface area contributed by atoms with Crippen molar-refractivity contribution in [3.05, 3.63) is 23.8 Å². The normalized spacial score (nSPS) is 14.7. The van der Waals surface area contributed by atoms with E-state index in [9.17, 15) is 26.3 Å². The predicted molar refractivity (Wildman–Crippen MR) is 47.4 cm³/mol. The molecular weight excluding hydrogens is 252 g/mol. The molecule has 0 heterocycles. The van der Waals surface area contributed by atoms with Gasteiger partial charge < -0.3 is 10.8 Å². The zero-order valence-electron chi connectivity index (χ0n) is 8.10. The Labute approximate surface area is 91.7 Å². The lowest BCUT2D eigenvalue weighted by Crippen LogP contribution is -2.40. The predicted octanol–water partition coefficient (Wildman–Crippen LogP) is 3.18. The van der Waals surface area contributed by atoms with E-state index in [4.69, 9.17) is 10.8 Å². The van der Waals surface area contributed by atoms with E-state index in [0.29, 0.717) is 12.1 Å². The molecule has 1 atom stereocenters. The highest BCUT2D eigenvalue weighted by molar-refractivity contribution is 5.52. The van der Waals surface area contributed by atoms with Crippen LogP contribution in [0.4, 0.5) is 32.0 Å². The molecule has 8 heteroatoms. The largest absolute Gasteiger partial charge is 0.508 e. The summed E-state index contributed by atoms with van der Waals surface area (Å²) in [5, 5.41) is 8.87.